The fourth-order valence-electron chi connectivity index (χ4n) is 10.3. The lowest BCUT2D eigenvalue weighted by Crippen LogP contribution is -2.52. The lowest BCUT2D eigenvalue weighted by atomic mass is 9.90. The lowest BCUT2D eigenvalue weighted by Gasteiger charge is -2.41. The zero-order valence-electron chi connectivity index (χ0n) is 46.9. The highest BCUT2D eigenvalue weighted by Crippen LogP contribution is 2.26. The smallest absolute Gasteiger partial charge is 0.305 e. The van der Waals surface area contributed by atoms with Crippen LogP contribution in [-0.2, 0) is 23.9 Å². The summed E-state index contributed by atoms with van der Waals surface area (Å²) in [6, 6.07) is 0. The maximum atomic E-state index is 13.0. The topological polar surface area (TPSA) is 99.6 Å². The molecular weight excluding hydrogens is 859 g/mol. The minimum atomic E-state index is -0.822. The Morgan fingerprint density at radius 2 is 0.812 bits per heavy atom. The van der Waals surface area contributed by atoms with E-state index in [1.807, 2.05) is 19.0 Å². The Hall–Kier alpha value is -1.71. The molecule has 0 saturated carbocycles. The van der Waals surface area contributed by atoms with Crippen molar-refractivity contribution in [1.29, 1.82) is 0 Å². The largest absolute Gasteiger partial charge is 0.465 e. The summed E-state index contributed by atoms with van der Waals surface area (Å²) in [6.07, 6.45) is 44.9. The van der Waals surface area contributed by atoms with E-state index < -0.39 is 5.60 Å². The zero-order chi connectivity index (χ0) is 50.5. The van der Waals surface area contributed by atoms with E-state index >= 15 is 0 Å². The van der Waals surface area contributed by atoms with Crippen molar-refractivity contribution in [3.8, 4) is 0 Å². The van der Waals surface area contributed by atoms with Gasteiger partial charge in [-0.25, -0.2) is 0 Å². The summed E-state index contributed by atoms with van der Waals surface area (Å²) in [7, 11) is 4.08. The SMILES string of the molecule is CCCCCCCCC(CCCCCCCC)COC(=O)CCCCCN(CCCCCC(=O)OCC(CCCCCCCC)CCCCCCCC)CC1(O)CCN(C(=O)CCCN(C)C)CC1. The van der Waals surface area contributed by atoms with Gasteiger partial charge in [-0.2, -0.15) is 0 Å². The van der Waals surface area contributed by atoms with E-state index in [9.17, 15) is 19.5 Å². The molecule has 0 spiro atoms. The van der Waals surface area contributed by atoms with Crippen LogP contribution in [-0.4, -0.2) is 110 Å². The van der Waals surface area contributed by atoms with Crippen LogP contribution in [0.3, 0.4) is 0 Å². The normalized spacial score (nSPS) is 13.9. The number of hydrogen-bond donors (Lipinski definition) is 1. The van der Waals surface area contributed by atoms with Crippen molar-refractivity contribution in [3.63, 3.8) is 0 Å². The van der Waals surface area contributed by atoms with E-state index in [2.05, 4.69) is 37.5 Å². The Morgan fingerprint density at radius 1 is 0.464 bits per heavy atom. The van der Waals surface area contributed by atoms with Gasteiger partial charge in [-0.1, -0.05) is 195 Å². The van der Waals surface area contributed by atoms with Crippen molar-refractivity contribution in [2.24, 2.45) is 11.8 Å². The standard InChI is InChI=1S/C60H117N3O6/c1-7-11-15-19-23-29-38-55(39-30-24-20-16-12-8-2)52-68-58(65)43-33-27-35-48-62(54-60(67)45-50-63(51-46-60)57(64)42-37-47-61(5)6)49-36-28-34-44-59(66)69-53-56(40-31-25-21-17-13-9-3)41-32-26-22-18-14-10-4/h55-56,67H,7-54H2,1-6H3. The van der Waals surface area contributed by atoms with Crippen LogP contribution in [0.4, 0.5) is 0 Å². The first-order valence-electron chi connectivity index (χ1n) is 30.2. The number of aliphatic hydroxyl groups is 1. The van der Waals surface area contributed by atoms with Crippen molar-refractivity contribution in [1.82, 2.24) is 14.7 Å². The Balaban J connectivity index is 2.67. The van der Waals surface area contributed by atoms with Crippen molar-refractivity contribution >= 4 is 17.8 Å². The first-order chi connectivity index (χ1) is 33.5. The van der Waals surface area contributed by atoms with Gasteiger partial charge in [0.1, 0.15) is 0 Å². The monoisotopic (exact) mass is 976 g/mol. The molecule has 0 aromatic rings. The molecule has 1 N–H and O–H groups in total. The van der Waals surface area contributed by atoms with Gasteiger partial charge in [0.05, 0.1) is 18.8 Å². The number of esters is 2. The number of rotatable bonds is 50. The van der Waals surface area contributed by atoms with E-state index in [4.69, 9.17) is 9.47 Å². The van der Waals surface area contributed by atoms with Gasteiger partial charge in [-0.05, 0) is 116 Å². The van der Waals surface area contributed by atoms with Crippen molar-refractivity contribution in [2.45, 2.75) is 290 Å². The molecule has 0 aromatic heterocycles. The van der Waals surface area contributed by atoms with Gasteiger partial charge < -0.3 is 29.3 Å². The molecule has 1 heterocycles. The Morgan fingerprint density at radius 3 is 1.17 bits per heavy atom. The number of unbranched alkanes of at least 4 members (excludes halogenated alkanes) is 24. The van der Waals surface area contributed by atoms with Gasteiger partial charge in [0.25, 0.3) is 0 Å². The van der Waals surface area contributed by atoms with E-state index in [-0.39, 0.29) is 17.8 Å². The lowest BCUT2D eigenvalue weighted by molar-refractivity contribution is -0.146. The Kier molecular flexibility index (Phi) is 43.6. The molecule has 1 saturated heterocycles. The Bertz CT molecular complexity index is 1080. The molecule has 1 fully saturated rings. The van der Waals surface area contributed by atoms with Crippen LogP contribution in [0.2, 0.25) is 0 Å². The third kappa shape index (κ3) is 39.5. The van der Waals surface area contributed by atoms with Crippen molar-refractivity contribution in [3.05, 3.63) is 0 Å². The summed E-state index contributed by atoms with van der Waals surface area (Å²) in [6.45, 7) is 14.7. The molecule has 1 rings (SSSR count). The second kappa shape index (κ2) is 46.1. The second-order valence-electron chi connectivity index (χ2n) is 22.2. The van der Waals surface area contributed by atoms with Gasteiger partial charge >= 0.3 is 11.9 Å². The molecule has 1 aliphatic rings. The van der Waals surface area contributed by atoms with Gasteiger partial charge in [0.15, 0.2) is 0 Å². The van der Waals surface area contributed by atoms with E-state index in [0.29, 0.717) is 76.8 Å². The van der Waals surface area contributed by atoms with Gasteiger partial charge in [0.2, 0.25) is 5.91 Å². The van der Waals surface area contributed by atoms with Crippen LogP contribution < -0.4 is 0 Å². The van der Waals surface area contributed by atoms with Crippen LogP contribution in [0.15, 0.2) is 0 Å². The summed E-state index contributed by atoms with van der Waals surface area (Å²) >= 11 is 0. The maximum absolute atomic E-state index is 13.0. The number of piperidine rings is 1. The highest BCUT2D eigenvalue weighted by molar-refractivity contribution is 5.76. The fourth-order valence-corrected chi connectivity index (χ4v) is 10.3. The van der Waals surface area contributed by atoms with Gasteiger partial charge in [-0.3, -0.25) is 14.4 Å². The van der Waals surface area contributed by atoms with Crippen LogP contribution in [0.25, 0.3) is 0 Å². The third-order valence-electron chi connectivity index (χ3n) is 15.1. The molecule has 9 nitrogen and oxygen atoms in total. The molecule has 9 heteroatoms. The van der Waals surface area contributed by atoms with Crippen LogP contribution >= 0.6 is 0 Å². The molecule has 0 atom stereocenters. The predicted octanol–water partition coefficient (Wildman–Crippen LogP) is 15.4. The second-order valence-corrected chi connectivity index (χ2v) is 22.2. The van der Waals surface area contributed by atoms with Gasteiger partial charge in [-0.15, -0.1) is 0 Å². The molecule has 0 aliphatic carbocycles. The average Bonchev–Trinajstić information content (AvgIpc) is 3.33. The first-order valence-corrected chi connectivity index (χ1v) is 30.2. The van der Waals surface area contributed by atoms with Crippen molar-refractivity contribution in [2.75, 3.05) is 66.6 Å². The molecule has 0 aromatic carbocycles. The molecule has 1 amide bonds. The summed E-state index contributed by atoms with van der Waals surface area (Å²) in [5, 5.41) is 11.8. The number of likely N-dealkylation sites (tertiary alicyclic amines) is 1. The fraction of sp³-hybridized carbons (Fsp3) is 0.950. The molecule has 0 unspecified atom stereocenters. The molecule has 0 radical (unpaired) electrons. The summed E-state index contributed by atoms with van der Waals surface area (Å²) in [5.74, 6) is 1.06. The summed E-state index contributed by atoms with van der Waals surface area (Å²) < 4.78 is 11.9. The molecule has 0 bridgehead atoms. The van der Waals surface area contributed by atoms with Crippen LogP contribution in [0.1, 0.15) is 285 Å². The number of carbonyl (C=O) groups is 3. The summed E-state index contributed by atoms with van der Waals surface area (Å²) in [5.41, 5.74) is -0.822. The highest BCUT2D eigenvalue weighted by Gasteiger charge is 2.35. The summed E-state index contributed by atoms with van der Waals surface area (Å²) in [4.78, 5) is 45.4. The number of nitrogens with zero attached hydrogens (tertiary/aromatic N) is 3. The van der Waals surface area contributed by atoms with E-state index in [1.165, 1.54) is 180 Å². The minimum absolute atomic E-state index is 0.0512. The molecule has 69 heavy (non-hydrogen) atoms. The van der Waals surface area contributed by atoms with E-state index in [1.54, 1.807) is 0 Å². The zero-order valence-corrected chi connectivity index (χ0v) is 46.9. The number of amides is 1. The first kappa shape index (κ1) is 65.3. The number of carbonyl (C=O) groups excluding carboxylic acids is 3. The minimum Gasteiger partial charge on any atom is -0.465 e. The average molecular weight is 977 g/mol. The van der Waals surface area contributed by atoms with E-state index in [0.717, 1.165) is 64.6 Å². The third-order valence-corrected chi connectivity index (χ3v) is 15.1. The quantitative estimate of drug-likeness (QED) is 0.0475. The number of ether oxygens (including phenoxy) is 2. The number of hydrogen-bond acceptors (Lipinski definition) is 8. The maximum Gasteiger partial charge on any atom is 0.305 e. The highest BCUT2D eigenvalue weighted by atomic mass is 16.5. The van der Waals surface area contributed by atoms with Crippen LogP contribution in [0.5, 0.6) is 0 Å². The predicted molar refractivity (Wildman–Crippen MR) is 293 cm³/mol. The van der Waals surface area contributed by atoms with Crippen molar-refractivity contribution < 1.29 is 29.0 Å². The Labute approximate surface area is 428 Å². The molecular formula is C60H117N3O6. The van der Waals surface area contributed by atoms with Gasteiger partial charge in [0, 0.05) is 38.9 Å². The molecule has 408 valence electrons. The van der Waals surface area contributed by atoms with Crippen LogP contribution in [0, 0.1) is 11.8 Å². The molecule has 1 aliphatic heterocycles.